The maximum Gasteiger partial charge on any atom is 0.280 e. The summed E-state index contributed by atoms with van der Waals surface area (Å²) in [6.07, 6.45) is -1.26. The van der Waals surface area contributed by atoms with Crippen molar-refractivity contribution in [3.8, 4) is 0 Å². The average Bonchev–Trinajstić information content (AvgIpc) is 2.16. The molecule has 0 aromatic carbocycles. The molecule has 1 rings (SSSR count). The fourth-order valence-electron chi connectivity index (χ4n) is 1.09. The number of nitrogens with zero attached hydrogens (tertiary/aromatic N) is 1. The lowest BCUT2D eigenvalue weighted by atomic mass is 10.1. The van der Waals surface area contributed by atoms with Gasteiger partial charge < -0.3 is 5.11 Å². The zero-order valence-electron chi connectivity index (χ0n) is 6.98. The zero-order chi connectivity index (χ0) is 10.7. The number of aliphatic hydroxyl groups is 1. The molecule has 0 aliphatic rings. The third-order valence-electron chi connectivity index (χ3n) is 1.78. The summed E-state index contributed by atoms with van der Waals surface area (Å²) in [5.74, 6) is 0. The number of aromatic nitrogens is 1. The van der Waals surface area contributed by atoms with Crippen molar-refractivity contribution < 1.29 is 13.9 Å². The second-order valence-electron chi connectivity index (χ2n) is 2.54. The van der Waals surface area contributed by atoms with Crippen molar-refractivity contribution in [1.82, 2.24) is 4.98 Å². The Morgan fingerprint density at radius 1 is 1.50 bits per heavy atom. The highest BCUT2D eigenvalue weighted by Crippen LogP contribution is 2.27. The molecule has 0 aliphatic carbocycles. The van der Waals surface area contributed by atoms with Crippen LogP contribution >= 0.6 is 38.5 Å². The van der Waals surface area contributed by atoms with Crippen LogP contribution in [0, 0.1) is 3.57 Å². The summed E-state index contributed by atoms with van der Waals surface area (Å²) in [7, 11) is 0. The Hall–Kier alpha value is 0.180. The lowest BCUT2D eigenvalue weighted by Gasteiger charge is -2.11. The number of halogens is 4. The predicted octanol–water partition coefficient (Wildman–Crippen LogP) is 3.01. The SMILES string of the molecule is OCc1c(C(F)F)ncc(I)c1CBr. The van der Waals surface area contributed by atoms with Crippen LogP contribution in [0.1, 0.15) is 23.2 Å². The Morgan fingerprint density at radius 3 is 2.57 bits per heavy atom. The van der Waals surface area contributed by atoms with Crippen molar-refractivity contribution in [3.05, 3.63) is 26.6 Å². The number of pyridine rings is 1. The zero-order valence-corrected chi connectivity index (χ0v) is 10.7. The molecule has 1 N–H and O–H groups in total. The Bertz CT molecular complexity index is 335. The highest BCUT2D eigenvalue weighted by Gasteiger charge is 2.18. The molecule has 78 valence electrons. The molecular weight excluding hydrogens is 371 g/mol. The fraction of sp³-hybridized carbons (Fsp3) is 0.375. The number of alkyl halides is 3. The van der Waals surface area contributed by atoms with Crippen LogP contribution in [-0.4, -0.2) is 10.1 Å². The van der Waals surface area contributed by atoms with E-state index in [0.29, 0.717) is 10.9 Å². The van der Waals surface area contributed by atoms with E-state index in [2.05, 4.69) is 20.9 Å². The summed E-state index contributed by atoms with van der Waals surface area (Å²) in [5.41, 5.74) is 0.574. The molecule has 0 radical (unpaired) electrons. The van der Waals surface area contributed by atoms with Crippen LogP contribution in [0.2, 0.25) is 0 Å². The molecule has 1 aromatic rings. The van der Waals surface area contributed by atoms with E-state index in [1.807, 2.05) is 22.6 Å². The molecule has 1 heterocycles. The first-order chi connectivity index (χ1) is 6.61. The largest absolute Gasteiger partial charge is 0.392 e. The molecule has 0 aliphatic heterocycles. The molecule has 2 nitrogen and oxygen atoms in total. The fourth-order valence-corrected chi connectivity index (χ4v) is 2.91. The Morgan fingerprint density at radius 2 is 2.14 bits per heavy atom. The van der Waals surface area contributed by atoms with Crippen LogP contribution in [-0.2, 0) is 11.9 Å². The van der Waals surface area contributed by atoms with Crippen LogP contribution in [0.15, 0.2) is 6.20 Å². The van der Waals surface area contributed by atoms with Gasteiger partial charge in [-0.3, -0.25) is 4.98 Å². The van der Waals surface area contributed by atoms with Crippen LogP contribution in [0.25, 0.3) is 0 Å². The van der Waals surface area contributed by atoms with Gasteiger partial charge in [0.05, 0.1) is 6.61 Å². The van der Waals surface area contributed by atoms with Crippen molar-refractivity contribution in [1.29, 1.82) is 0 Å². The molecule has 0 amide bonds. The summed E-state index contributed by atoms with van der Waals surface area (Å²) in [4.78, 5) is 3.62. The second-order valence-corrected chi connectivity index (χ2v) is 4.26. The molecule has 0 saturated heterocycles. The smallest absolute Gasteiger partial charge is 0.280 e. The van der Waals surface area contributed by atoms with Crippen molar-refractivity contribution in [3.63, 3.8) is 0 Å². The highest BCUT2D eigenvalue weighted by molar-refractivity contribution is 14.1. The Kier molecular flexibility index (Phi) is 4.65. The standard InChI is InChI=1S/C8H7BrF2INO/c9-1-4-5(3-14)7(8(10)11)13-2-6(4)12/h2,8,14H,1,3H2. The molecule has 0 atom stereocenters. The third kappa shape index (κ3) is 2.40. The van der Waals surface area contributed by atoms with E-state index in [1.54, 1.807) is 0 Å². The van der Waals surface area contributed by atoms with Crippen molar-refractivity contribution in [2.24, 2.45) is 0 Å². The minimum Gasteiger partial charge on any atom is -0.392 e. The molecule has 0 unspecified atom stereocenters. The first kappa shape index (κ1) is 12.3. The van der Waals surface area contributed by atoms with E-state index in [0.717, 1.165) is 3.57 Å². The molecule has 0 fully saturated rings. The average molecular weight is 378 g/mol. The lowest BCUT2D eigenvalue weighted by molar-refractivity contribution is 0.141. The minimum absolute atomic E-state index is 0.226. The molecule has 6 heteroatoms. The first-order valence-corrected chi connectivity index (χ1v) is 5.93. The van der Waals surface area contributed by atoms with Crippen LogP contribution in [0.4, 0.5) is 8.78 Å². The normalized spacial score (nSPS) is 11.0. The summed E-state index contributed by atoms with van der Waals surface area (Å²) < 4.78 is 25.7. The molecular formula is C8H7BrF2INO. The first-order valence-electron chi connectivity index (χ1n) is 3.73. The van der Waals surface area contributed by atoms with Gasteiger partial charge in [0, 0.05) is 20.7 Å². The summed E-state index contributed by atoms with van der Waals surface area (Å²) in [5, 5.41) is 9.44. The van der Waals surface area contributed by atoms with Crippen molar-refractivity contribution in [2.45, 2.75) is 18.4 Å². The third-order valence-corrected chi connectivity index (χ3v) is 3.27. The molecule has 14 heavy (non-hydrogen) atoms. The second kappa shape index (κ2) is 5.32. The number of hydrogen-bond donors (Lipinski definition) is 1. The van der Waals surface area contributed by atoms with Gasteiger partial charge in [-0.1, -0.05) is 15.9 Å². The maximum atomic E-state index is 12.5. The number of rotatable bonds is 3. The van der Waals surface area contributed by atoms with Gasteiger partial charge in [0.1, 0.15) is 5.69 Å². The summed E-state index contributed by atoms with van der Waals surface area (Å²) >= 11 is 5.20. The maximum absolute atomic E-state index is 12.5. The van der Waals surface area contributed by atoms with Gasteiger partial charge in [-0.2, -0.15) is 0 Å². The Labute approximate surface area is 102 Å². The minimum atomic E-state index is -2.65. The molecule has 0 spiro atoms. The van der Waals surface area contributed by atoms with Gasteiger partial charge in [-0.25, -0.2) is 8.78 Å². The molecule has 0 bridgehead atoms. The monoisotopic (exact) mass is 377 g/mol. The van der Waals surface area contributed by atoms with E-state index in [9.17, 15) is 8.78 Å². The molecule has 0 saturated carbocycles. The summed E-state index contributed by atoms with van der Waals surface area (Å²) in [6.45, 7) is -0.412. The van der Waals surface area contributed by atoms with E-state index in [4.69, 9.17) is 5.11 Å². The predicted molar refractivity (Wildman–Crippen MR) is 60.5 cm³/mol. The van der Waals surface area contributed by atoms with Gasteiger partial charge >= 0.3 is 0 Å². The summed E-state index contributed by atoms with van der Waals surface area (Å²) in [6, 6.07) is 0. The highest BCUT2D eigenvalue weighted by atomic mass is 127. The topological polar surface area (TPSA) is 33.1 Å². The van der Waals surface area contributed by atoms with Crippen molar-refractivity contribution >= 4 is 38.5 Å². The van der Waals surface area contributed by atoms with E-state index in [-0.39, 0.29) is 11.3 Å². The van der Waals surface area contributed by atoms with Gasteiger partial charge in [-0.05, 0) is 28.2 Å². The number of hydrogen-bond acceptors (Lipinski definition) is 2. The van der Waals surface area contributed by atoms with Crippen LogP contribution in [0.5, 0.6) is 0 Å². The van der Waals surface area contributed by atoms with E-state index in [1.165, 1.54) is 6.20 Å². The van der Waals surface area contributed by atoms with Crippen LogP contribution in [0.3, 0.4) is 0 Å². The van der Waals surface area contributed by atoms with Crippen LogP contribution < -0.4 is 0 Å². The quantitative estimate of drug-likeness (QED) is 0.648. The molecule has 1 aromatic heterocycles. The number of aliphatic hydroxyl groups excluding tert-OH is 1. The van der Waals surface area contributed by atoms with Gasteiger partial charge in [0.2, 0.25) is 0 Å². The van der Waals surface area contributed by atoms with Gasteiger partial charge in [0.15, 0.2) is 0 Å². The van der Waals surface area contributed by atoms with E-state index >= 15 is 0 Å². The van der Waals surface area contributed by atoms with Crippen molar-refractivity contribution in [2.75, 3.05) is 0 Å². The Balaban J connectivity index is 3.33. The van der Waals surface area contributed by atoms with E-state index < -0.39 is 13.0 Å². The van der Waals surface area contributed by atoms with Gasteiger partial charge in [-0.15, -0.1) is 0 Å². The van der Waals surface area contributed by atoms with Gasteiger partial charge in [0.25, 0.3) is 6.43 Å². The lowest BCUT2D eigenvalue weighted by Crippen LogP contribution is -2.04.